The van der Waals surface area contributed by atoms with E-state index in [2.05, 4.69) is 15.4 Å². The summed E-state index contributed by atoms with van der Waals surface area (Å²) in [6, 6.07) is 12.8. The van der Waals surface area contributed by atoms with Gasteiger partial charge in [0.15, 0.2) is 6.10 Å². The number of alkyl halides is 2. The van der Waals surface area contributed by atoms with E-state index in [4.69, 9.17) is 4.74 Å². The van der Waals surface area contributed by atoms with Gasteiger partial charge in [0.05, 0.1) is 18.8 Å². The summed E-state index contributed by atoms with van der Waals surface area (Å²) in [5, 5.41) is 5.52. The van der Waals surface area contributed by atoms with Crippen LogP contribution in [0.3, 0.4) is 0 Å². The topological polar surface area (TPSA) is 79.9 Å². The number of carbonyl (C=O) groups is 2. The number of halogens is 2. The van der Waals surface area contributed by atoms with E-state index in [0.717, 1.165) is 6.42 Å². The number of rotatable bonds is 8. The van der Waals surface area contributed by atoms with Gasteiger partial charge in [-0.05, 0) is 42.8 Å². The van der Waals surface area contributed by atoms with E-state index in [1.165, 1.54) is 24.3 Å². The van der Waals surface area contributed by atoms with Crippen molar-refractivity contribution in [1.29, 1.82) is 0 Å². The zero-order valence-electron chi connectivity index (χ0n) is 16.4. The van der Waals surface area contributed by atoms with E-state index in [0.29, 0.717) is 23.7 Å². The normalized spacial score (nSPS) is 15.2. The molecule has 1 aliphatic heterocycles. The number of nitrogens with zero attached hydrogens (tertiary/aromatic N) is 1. The smallest absolute Gasteiger partial charge is 0.387 e. The highest BCUT2D eigenvalue weighted by Gasteiger charge is 2.31. The number of carbonyl (C=O) groups excluding carboxylic acids is 2. The summed E-state index contributed by atoms with van der Waals surface area (Å²) in [6.45, 7) is -0.185. The summed E-state index contributed by atoms with van der Waals surface area (Å²) in [4.78, 5) is 26.7. The Morgan fingerprint density at radius 2 is 1.93 bits per heavy atom. The van der Waals surface area contributed by atoms with Crippen LogP contribution in [0.15, 0.2) is 48.5 Å². The Hall–Kier alpha value is -3.36. The Balaban J connectivity index is 1.66. The predicted molar refractivity (Wildman–Crippen MR) is 108 cm³/mol. The van der Waals surface area contributed by atoms with Crippen molar-refractivity contribution in [3.05, 3.63) is 48.5 Å². The quantitative estimate of drug-likeness (QED) is 0.688. The summed E-state index contributed by atoms with van der Waals surface area (Å²) < 4.78 is 34.6. The first kappa shape index (κ1) is 21.4. The molecule has 160 valence electrons. The minimum Gasteiger partial charge on any atom is -0.477 e. The lowest BCUT2D eigenvalue weighted by Crippen LogP contribution is -2.50. The largest absolute Gasteiger partial charge is 0.477 e. The molecule has 0 bridgehead atoms. The molecule has 2 N–H and O–H groups in total. The second kappa shape index (κ2) is 9.91. The van der Waals surface area contributed by atoms with E-state index < -0.39 is 12.7 Å². The van der Waals surface area contributed by atoms with Crippen molar-refractivity contribution >= 4 is 23.2 Å². The molecule has 0 saturated heterocycles. The molecule has 2 amide bonds. The van der Waals surface area contributed by atoms with Crippen LogP contribution in [0.1, 0.15) is 13.3 Å². The number of anilines is 2. The maximum absolute atomic E-state index is 12.6. The number of amides is 2. The van der Waals surface area contributed by atoms with E-state index in [1.54, 1.807) is 17.0 Å². The van der Waals surface area contributed by atoms with Crippen molar-refractivity contribution in [3.63, 3.8) is 0 Å². The summed E-state index contributed by atoms with van der Waals surface area (Å²) in [5.74, 6) is -0.0129. The summed E-state index contributed by atoms with van der Waals surface area (Å²) >= 11 is 0. The lowest BCUT2D eigenvalue weighted by molar-refractivity contribution is -0.128. The molecule has 0 aromatic heterocycles. The molecule has 30 heavy (non-hydrogen) atoms. The van der Waals surface area contributed by atoms with Gasteiger partial charge in [0.25, 0.3) is 5.91 Å². The number of benzene rings is 2. The second-order valence-electron chi connectivity index (χ2n) is 6.70. The highest BCUT2D eigenvalue weighted by atomic mass is 19.3. The summed E-state index contributed by atoms with van der Waals surface area (Å²) in [5.41, 5.74) is 1.16. The van der Waals surface area contributed by atoms with E-state index in [9.17, 15) is 18.4 Å². The van der Waals surface area contributed by atoms with Crippen LogP contribution in [0.25, 0.3) is 0 Å². The van der Waals surface area contributed by atoms with Crippen LogP contribution in [0.5, 0.6) is 11.5 Å². The molecule has 0 spiro atoms. The first-order valence-electron chi connectivity index (χ1n) is 9.59. The minimum atomic E-state index is -2.91. The van der Waals surface area contributed by atoms with Gasteiger partial charge >= 0.3 is 6.61 Å². The average Bonchev–Trinajstić information content (AvgIpc) is 2.73. The predicted octanol–water partition coefficient (Wildman–Crippen LogP) is 3.02. The van der Waals surface area contributed by atoms with Crippen molar-refractivity contribution in [2.24, 2.45) is 0 Å². The van der Waals surface area contributed by atoms with E-state index >= 15 is 0 Å². The van der Waals surface area contributed by atoms with Gasteiger partial charge in [-0.1, -0.05) is 19.1 Å². The zero-order valence-corrected chi connectivity index (χ0v) is 16.4. The highest BCUT2D eigenvalue weighted by molar-refractivity contribution is 5.95. The Morgan fingerprint density at radius 3 is 2.63 bits per heavy atom. The van der Waals surface area contributed by atoms with Crippen molar-refractivity contribution in [2.45, 2.75) is 26.1 Å². The van der Waals surface area contributed by atoms with Crippen molar-refractivity contribution in [1.82, 2.24) is 5.32 Å². The van der Waals surface area contributed by atoms with Gasteiger partial charge in [0, 0.05) is 12.2 Å². The third kappa shape index (κ3) is 5.59. The standard InChI is InChI=1S/C21H23F2N3O4/c1-2-11-24-20(28)18-12-26(16-5-3-4-6-17(16)30-18)13-19(27)25-14-7-9-15(10-8-14)29-21(22)23/h3-10,18,21H,2,11-13H2,1H3,(H,24,28)(H,25,27)/t18-/m1/s1. The molecule has 7 nitrogen and oxygen atoms in total. The van der Waals surface area contributed by atoms with Crippen molar-refractivity contribution in [3.8, 4) is 11.5 Å². The van der Waals surface area contributed by atoms with Gasteiger partial charge in [0.1, 0.15) is 11.5 Å². The molecule has 1 aliphatic rings. The minimum absolute atomic E-state index is 0.00559. The van der Waals surface area contributed by atoms with Gasteiger partial charge in [-0.3, -0.25) is 9.59 Å². The molecule has 2 aromatic rings. The SMILES string of the molecule is CCCNC(=O)[C@H]1CN(CC(=O)Nc2ccc(OC(F)F)cc2)c2ccccc2O1. The van der Waals surface area contributed by atoms with E-state index in [-0.39, 0.29) is 30.7 Å². The van der Waals surface area contributed by atoms with Gasteiger partial charge in [-0.25, -0.2) is 0 Å². The fraction of sp³-hybridized carbons (Fsp3) is 0.333. The number of hydrogen-bond acceptors (Lipinski definition) is 5. The van der Waals surface area contributed by atoms with E-state index in [1.807, 2.05) is 19.1 Å². The molecule has 1 atom stereocenters. The van der Waals surface area contributed by atoms with Crippen LogP contribution in [-0.2, 0) is 9.59 Å². The molecule has 0 aliphatic carbocycles. The molecule has 0 saturated carbocycles. The number of para-hydroxylation sites is 2. The lowest BCUT2D eigenvalue weighted by atomic mass is 10.1. The van der Waals surface area contributed by atoms with Crippen LogP contribution in [-0.4, -0.2) is 44.2 Å². The van der Waals surface area contributed by atoms with Crippen LogP contribution in [0.4, 0.5) is 20.2 Å². The maximum Gasteiger partial charge on any atom is 0.387 e. The van der Waals surface area contributed by atoms with Gasteiger partial charge in [-0.2, -0.15) is 8.78 Å². The Labute approximate surface area is 173 Å². The maximum atomic E-state index is 12.6. The molecular formula is C21H23F2N3O4. The monoisotopic (exact) mass is 419 g/mol. The van der Waals surface area contributed by atoms with Gasteiger partial charge in [-0.15, -0.1) is 0 Å². The number of nitrogens with one attached hydrogen (secondary N) is 2. The molecule has 0 fully saturated rings. The first-order valence-corrected chi connectivity index (χ1v) is 9.59. The second-order valence-corrected chi connectivity index (χ2v) is 6.70. The molecule has 1 heterocycles. The molecular weight excluding hydrogens is 396 g/mol. The molecule has 0 radical (unpaired) electrons. The fourth-order valence-corrected chi connectivity index (χ4v) is 3.05. The number of ether oxygens (including phenoxy) is 2. The molecule has 2 aromatic carbocycles. The third-order valence-electron chi connectivity index (χ3n) is 4.40. The summed E-state index contributed by atoms with van der Waals surface area (Å²) in [6.07, 6.45) is 0.0764. The third-order valence-corrected chi connectivity index (χ3v) is 4.40. The van der Waals surface area contributed by atoms with Crippen molar-refractivity contribution < 1.29 is 27.8 Å². The Morgan fingerprint density at radius 1 is 1.20 bits per heavy atom. The average molecular weight is 419 g/mol. The number of fused-ring (bicyclic) bond motifs is 1. The zero-order chi connectivity index (χ0) is 21.5. The van der Waals surface area contributed by atoms with Crippen LogP contribution < -0.4 is 25.0 Å². The molecule has 9 heteroatoms. The Kier molecular flexibility index (Phi) is 7.05. The fourth-order valence-electron chi connectivity index (χ4n) is 3.05. The van der Waals surface area contributed by atoms with Gasteiger partial charge < -0.3 is 25.0 Å². The molecule has 3 rings (SSSR count). The number of hydrogen-bond donors (Lipinski definition) is 2. The first-order chi connectivity index (χ1) is 14.5. The Bertz CT molecular complexity index is 877. The van der Waals surface area contributed by atoms with Crippen LogP contribution in [0, 0.1) is 0 Å². The summed E-state index contributed by atoms with van der Waals surface area (Å²) in [7, 11) is 0. The van der Waals surface area contributed by atoms with Crippen LogP contribution in [0.2, 0.25) is 0 Å². The van der Waals surface area contributed by atoms with Crippen LogP contribution >= 0.6 is 0 Å². The van der Waals surface area contributed by atoms with Gasteiger partial charge in [0.2, 0.25) is 5.91 Å². The molecule has 0 unspecified atom stereocenters. The lowest BCUT2D eigenvalue weighted by Gasteiger charge is -2.35. The van der Waals surface area contributed by atoms with Crippen molar-refractivity contribution in [2.75, 3.05) is 29.9 Å². The highest BCUT2D eigenvalue weighted by Crippen LogP contribution is 2.33.